The summed E-state index contributed by atoms with van der Waals surface area (Å²) < 4.78 is 20.6. The van der Waals surface area contributed by atoms with Crippen LogP contribution in [0.25, 0.3) is 28.1 Å². The number of benzene rings is 2. The van der Waals surface area contributed by atoms with Crippen LogP contribution in [0.4, 0.5) is 0 Å². The molecule has 9 nitrogen and oxygen atoms in total. The maximum atomic E-state index is 12.2. The number of carbonyl (C=O) groups is 1. The lowest BCUT2D eigenvalue weighted by Crippen LogP contribution is -2.22. The molecule has 2 aromatic carbocycles. The van der Waals surface area contributed by atoms with Crippen LogP contribution in [0.15, 0.2) is 79.3 Å². The summed E-state index contributed by atoms with van der Waals surface area (Å²) in [4.78, 5) is 21.6. The molecule has 212 valence electrons. The predicted molar refractivity (Wildman–Crippen MR) is 161 cm³/mol. The molecule has 5 aromatic rings. The lowest BCUT2D eigenvalue weighted by Gasteiger charge is -2.16. The van der Waals surface area contributed by atoms with Crippen LogP contribution in [0, 0.1) is 0 Å². The van der Waals surface area contributed by atoms with E-state index in [0.29, 0.717) is 30.1 Å². The van der Waals surface area contributed by atoms with Crippen LogP contribution in [-0.4, -0.2) is 58.4 Å². The van der Waals surface area contributed by atoms with Crippen LogP contribution >= 0.6 is 0 Å². The van der Waals surface area contributed by atoms with Gasteiger partial charge in [-0.05, 0) is 41.8 Å². The van der Waals surface area contributed by atoms with Gasteiger partial charge in [0.15, 0.2) is 6.79 Å². The van der Waals surface area contributed by atoms with Crippen molar-refractivity contribution < 1.29 is 19.0 Å². The summed E-state index contributed by atoms with van der Waals surface area (Å²) in [7, 11) is -1.23. The second kappa shape index (κ2) is 12.5. The number of rotatable bonds is 12. The molecular formula is C31H35N5O4Si. The zero-order valence-electron chi connectivity index (χ0n) is 23.9. The first-order valence-electron chi connectivity index (χ1n) is 13.7. The van der Waals surface area contributed by atoms with Crippen molar-refractivity contribution in [1.29, 1.82) is 0 Å². The van der Waals surface area contributed by atoms with Gasteiger partial charge in [-0.3, -0.25) is 0 Å². The largest absolute Gasteiger partial charge is 0.462 e. The van der Waals surface area contributed by atoms with Gasteiger partial charge in [0.25, 0.3) is 5.95 Å². The first-order valence-corrected chi connectivity index (χ1v) is 17.5. The highest BCUT2D eigenvalue weighted by molar-refractivity contribution is 6.76. The van der Waals surface area contributed by atoms with Crippen molar-refractivity contribution in [1.82, 2.24) is 24.3 Å². The SMILES string of the molecule is CCOC(=O)c1cnn(-c2nc(OCOCC[Si](C)(C)C)c3c(ccn3Cc3cccc(-c4ccccc4)c3)n2)c1. The van der Waals surface area contributed by atoms with Gasteiger partial charge in [-0.1, -0.05) is 68.2 Å². The molecule has 5 rings (SSSR count). The summed E-state index contributed by atoms with van der Waals surface area (Å²) in [5.41, 5.74) is 5.23. The average molecular weight is 570 g/mol. The molecule has 0 aliphatic heterocycles. The molecule has 0 amide bonds. The molecule has 3 aromatic heterocycles. The first-order chi connectivity index (χ1) is 19.8. The molecule has 3 heterocycles. The maximum Gasteiger partial charge on any atom is 0.341 e. The number of hydrogen-bond acceptors (Lipinski definition) is 7. The molecule has 0 atom stereocenters. The smallest absolute Gasteiger partial charge is 0.341 e. The first kappa shape index (κ1) is 28.3. The third-order valence-electron chi connectivity index (χ3n) is 6.53. The van der Waals surface area contributed by atoms with Crippen LogP contribution < -0.4 is 4.74 Å². The molecule has 0 bridgehead atoms. The van der Waals surface area contributed by atoms with E-state index in [9.17, 15) is 4.79 Å². The third-order valence-corrected chi connectivity index (χ3v) is 8.23. The number of hydrogen-bond donors (Lipinski definition) is 0. The Morgan fingerprint density at radius 3 is 2.56 bits per heavy atom. The summed E-state index contributed by atoms with van der Waals surface area (Å²) in [6.45, 7) is 10.3. The fourth-order valence-corrected chi connectivity index (χ4v) is 5.12. The van der Waals surface area contributed by atoms with E-state index >= 15 is 0 Å². The molecule has 0 aliphatic carbocycles. The van der Waals surface area contributed by atoms with Crippen molar-refractivity contribution in [3.05, 3.63) is 90.4 Å². The van der Waals surface area contributed by atoms with Crippen molar-refractivity contribution in [2.24, 2.45) is 0 Å². The molecule has 10 heteroatoms. The number of fused-ring (bicyclic) bond motifs is 1. The third kappa shape index (κ3) is 7.08. The molecule has 41 heavy (non-hydrogen) atoms. The number of ether oxygens (including phenoxy) is 3. The molecule has 0 spiro atoms. The van der Waals surface area contributed by atoms with Crippen molar-refractivity contribution in [3.63, 3.8) is 0 Å². The number of aromatic nitrogens is 5. The van der Waals surface area contributed by atoms with E-state index < -0.39 is 14.0 Å². The monoisotopic (exact) mass is 569 g/mol. The minimum atomic E-state index is -1.23. The fraction of sp³-hybridized carbons (Fsp3) is 0.290. The van der Waals surface area contributed by atoms with Gasteiger partial charge in [-0.25, -0.2) is 14.5 Å². The maximum absolute atomic E-state index is 12.2. The Labute approximate surface area is 240 Å². The highest BCUT2D eigenvalue weighted by Gasteiger charge is 2.18. The second-order valence-corrected chi connectivity index (χ2v) is 16.6. The highest BCUT2D eigenvalue weighted by atomic mass is 28.3. The number of carbonyl (C=O) groups excluding carboxylic acids is 1. The van der Waals surface area contributed by atoms with Crippen LogP contribution in [0.1, 0.15) is 22.8 Å². The summed E-state index contributed by atoms with van der Waals surface area (Å²) >= 11 is 0. The Kier molecular flexibility index (Phi) is 8.60. The molecule has 0 saturated carbocycles. The van der Waals surface area contributed by atoms with Gasteiger partial charge in [0.05, 0.1) is 23.9 Å². The highest BCUT2D eigenvalue weighted by Crippen LogP contribution is 2.27. The molecule has 0 unspecified atom stereocenters. The van der Waals surface area contributed by atoms with Crippen molar-refractivity contribution in [2.45, 2.75) is 39.2 Å². The lowest BCUT2D eigenvalue weighted by molar-refractivity contribution is 0.0200. The number of esters is 1. The Morgan fingerprint density at radius 1 is 0.976 bits per heavy atom. The van der Waals surface area contributed by atoms with Crippen LogP contribution in [0.5, 0.6) is 5.88 Å². The van der Waals surface area contributed by atoms with E-state index in [4.69, 9.17) is 24.2 Å². The minimum Gasteiger partial charge on any atom is -0.462 e. The normalized spacial score (nSPS) is 11.6. The van der Waals surface area contributed by atoms with Gasteiger partial charge >= 0.3 is 5.97 Å². The van der Waals surface area contributed by atoms with Crippen LogP contribution in [0.2, 0.25) is 25.7 Å². The zero-order chi connectivity index (χ0) is 28.8. The van der Waals surface area contributed by atoms with E-state index in [1.54, 1.807) is 13.1 Å². The van der Waals surface area contributed by atoms with Gasteiger partial charge in [-0.2, -0.15) is 10.1 Å². The fourth-order valence-electron chi connectivity index (χ4n) is 4.36. The van der Waals surface area contributed by atoms with Gasteiger partial charge < -0.3 is 18.8 Å². The van der Waals surface area contributed by atoms with Gasteiger partial charge in [-0.15, -0.1) is 0 Å². The van der Waals surface area contributed by atoms with E-state index in [-0.39, 0.29) is 19.3 Å². The van der Waals surface area contributed by atoms with E-state index in [1.807, 2.05) is 30.5 Å². The minimum absolute atomic E-state index is 0.0673. The predicted octanol–water partition coefficient (Wildman–Crippen LogP) is 6.20. The molecule has 0 aliphatic rings. The molecular weight excluding hydrogens is 534 g/mol. The summed E-state index contributed by atoms with van der Waals surface area (Å²) in [5, 5.41) is 4.29. The quantitative estimate of drug-likeness (QED) is 0.0764. The summed E-state index contributed by atoms with van der Waals surface area (Å²) in [6.07, 6.45) is 4.97. The van der Waals surface area contributed by atoms with Crippen molar-refractivity contribution in [3.8, 4) is 23.0 Å². The average Bonchev–Trinajstić information content (AvgIpc) is 3.61. The zero-order valence-corrected chi connectivity index (χ0v) is 24.9. The second-order valence-electron chi connectivity index (χ2n) is 10.9. The summed E-state index contributed by atoms with van der Waals surface area (Å²) in [5.74, 6) is 0.223. The van der Waals surface area contributed by atoms with E-state index in [1.165, 1.54) is 16.4 Å². The van der Waals surface area contributed by atoms with Crippen LogP contribution in [-0.2, 0) is 16.0 Å². The van der Waals surface area contributed by atoms with Crippen LogP contribution in [0.3, 0.4) is 0 Å². The topological polar surface area (TPSA) is 93.3 Å². The standard InChI is InChI=1S/C31H35N5O4Si/c1-5-39-30(37)26-19-32-36(21-26)31-33-27-14-15-35(28(27)29(34-31)40-22-38-16-17-41(2,3)4)20-23-10-9-13-25(18-23)24-11-7-6-8-12-24/h6-15,18-19,21H,5,16-17,20,22H2,1-4H3. The molecule has 0 fully saturated rings. The Hall–Kier alpha value is -4.28. The Morgan fingerprint density at radius 2 is 1.78 bits per heavy atom. The number of nitrogens with zero attached hydrogens (tertiary/aromatic N) is 5. The van der Waals surface area contributed by atoms with Gasteiger partial charge in [0, 0.05) is 33.6 Å². The van der Waals surface area contributed by atoms with Crippen molar-refractivity contribution >= 4 is 25.1 Å². The Balaban J connectivity index is 1.45. The van der Waals surface area contributed by atoms with Gasteiger partial charge in [0.1, 0.15) is 5.52 Å². The van der Waals surface area contributed by atoms with Crippen molar-refractivity contribution in [2.75, 3.05) is 20.0 Å². The van der Waals surface area contributed by atoms with E-state index in [0.717, 1.165) is 22.7 Å². The summed E-state index contributed by atoms with van der Waals surface area (Å²) in [6, 6.07) is 21.8. The molecule has 0 saturated heterocycles. The van der Waals surface area contributed by atoms with E-state index in [2.05, 4.69) is 65.7 Å². The van der Waals surface area contributed by atoms with Gasteiger partial charge in [0.2, 0.25) is 5.88 Å². The Bertz CT molecular complexity index is 1620. The molecule has 0 N–H and O–H groups in total. The molecule has 0 radical (unpaired) electrons. The lowest BCUT2D eigenvalue weighted by atomic mass is 10.0.